The maximum Gasteiger partial charge on any atom is 0.328 e. The van der Waals surface area contributed by atoms with Crippen molar-refractivity contribution in [1.82, 2.24) is 9.55 Å². The van der Waals surface area contributed by atoms with E-state index in [2.05, 4.69) is 4.98 Å². The summed E-state index contributed by atoms with van der Waals surface area (Å²) >= 11 is 0. The third-order valence-corrected chi connectivity index (χ3v) is 3.08. The van der Waals surface area contributed by atoms with E-state index in [4.69, 9.17) is 0 Å². The standard InChI is InChI=1S/C11H16N2O2/c14-10-6-7-13(11(15)12-10)8-9-4-2-1-3-5-9/h6-7,9H,1-5,8H2,(H,12,14,15). The van der Waals surface area contributed by atoms with Crippen LogP contribution in [0.25, 0.3) is 0 Å². The highest BCUT2D eigenvalue weighted by Gasteiger charge is 2.14. The molecule has 0 saturated heterocycles. The molecular weight excluding hydrogens is 192 g/mol. The van der Waals surface area contributed by atoms with Gasteiger partial charge in [-0.3, -0.25) is 9.78 Å². The molecule has 0 unspecified atom stereocenters. The molecule has 0 aliphatic heterocycles. The Bertz CT molecular complexity index is 427. The smallest absolute Gasteiger partial charge is 0.300 e. The molecule has 4 heteroatoms. The molecule has 0 amide bonds. The number of hydrogen-bond acceptors (Lipinski definition) is 2. The third-order valence-electron chi connectivity index (χ3n) is 3.08. The molecule has 1 fully saturated rings. The lowest BCUT2D eigenvalue weighted by atomic mass is 9.89. The molecule has 0 spiro atoms. The average molecular weight is 208 g/mol. The fourth-order valence-corrected chi connectivity index (χ4v) is 2.24. The minimum Gasteiger partial charge on any atom is -0.300 e. The molecule has 1 heterocycles. The van der Waals surface area contributed by atoms with Gasteiger partial charge in [0.15, 0.2) is 0 Å². The van der Waals surface area contributed by atoms with Gasteiger partial charge in [-0.15, -0.1) is 0 Å². The van der Waals surface area contributed by atoms with Gasteiger partial charge in [-0.1, -0.05) is 19.3 Å². The summed E-state index contributed by atoms with van der Waals surface area (Å²) in [7, 11) is 0. The first kappa shape index (κ1) is 10.2. The lowest BCUT2D eigenvalue weighted by Gasteiger charge is -2.21. The van der Waals surface area contributed by atoms with Crippen LogP contribution in [-0.4, -0.2) is 9.55 Å². The minimum absolute atomic E-state index is 0.284. The zero-order chi connectivity index (χ0) is 10.7. The van der Waals surface area contributed by atoms with Gasteiger partial charge in [0.25, 0.3) is 5.56 Å². The third kappa shape index (κ3) is 2.58. The number of rotatable bonds is 2. The van der Waals surface area contributed by atoms with Gasteiger partial charge < -0.3 is 4.57 Å². The summed E-state index contributed by atoms with van der Waals surface area (Å²) in [6.07, 6.45) is 7.84. The number of nitrogens with one attached hydrogen (secondary N) is 1. The van der Waals surface area contributed by atoms with Crippen LogP contribution in [-0.2, 0) is 6.54 Å². The van der Waals surface area contributed by atoms with Crippen molar-refractivity contribution in [2.75, 3.05) is 0 Å². The fraction of sp³-hybridized carbons (Fsp3) is 0.636. The van der Waals surface area contributed by atoms with E-state index in [9.17, 15) is 9.59 Å². The number of nitrogens with zero attached hydrogens (tertiary/aromatic N) is 1. The Kier molecular flexibility index (Phi) is 3.04. The summed E-state index contributed by atoms with van der Waals surface area (Å²) in [4.78, 5) is 24.6. The van der Waals surface area contributed by atoms with E-state index in [1.165, 1.54) is 38.2 Å². The van der Waals surface area contributed by atoms with E-state index >= 15 is 0 Å². The van der Waals surface area contributed by atoms with Crippen LogP contribution in [0.3, 0.4) is 0 Å². The van der Waals surface area contributed by atoms with Crippen LogP contribution in [0.4, 0.5) is 0 Å². The van der Waals surface area contributed by atoms with Crippen LogP contribution in [0.1, 0.15) is 32.1 Å². The van der Waals surface area contributed by atoms with E-state index in [-0.39, 0.29) is 11.2 Å². The van der Waals surface area contributed by atoms with Crippen molar-refractivity contribution in [2.24, 2.45) is 5.92 Å². The molecule has 0 atom stereocenters. The molecule has 4 nitrogen and oxygen atoms in total. The highest BCUT2D eigenvalue weighted by molar-refractivity contribution is 4.83. The molecule has 0 bridgehead atoms. The monoisotopic (exact) mass is 208 g/mol. The predicted octanol–water partition coefficient (Wildman–Crippen LogP) is 1.12. The maximum atomic E-state index is 11.4. The molecule has 1 saturated carbocycles. The van der Waals surface area contributed by atoms with Gasteiger partial charge in [0.2, 0.25) is 0 Å². The summed E-state index contributed by atoms with van der Waals surface area (Å²) in [5.74, 6) is 0.599. The van der Waals surface area contributed by atoms with Crippen molar-refractivity contribution in [3.8, 4) is 0 Å². The number of H-pyrrole nitrogens is 1. The van der Waals surface area contributed by atoms with Crippen molar-refractivity contribution in [3.05, 3.63) is 33.1 Å². The molecule has 82 valence electrons. The largest absolute Gasteiger partial charge is 0.328 e. The van der Waals surface area contributed by atoms with Crippen molar-refractivity contribution in [2.45, 2.75) is 38.6 Å². The molecule has 0 aromatic carbocycles. The van der Waals surface area contributed by atoms with Crippen molar-refractivity contribution < 1.29 is 0 Å². The normalized spacial score (nSPS) is 17.9. The Balaban J connectivity index is 2.09. The molecule has 0 radical (unpaired) electrons. The molecule has 2 rings (SSSR count). The van der Waals surface area contributed by atoms with Crippen LogP contribution >= 0.6 is 0 Å². The first-order valence-electron chi connectivity index (χ1n) is 5.55. The van der Waals surface area contributed by atoms with E-state index in [0.717, 1.165) is 6.54 Å². The highest BCUT2D eigenvalue weighted by Crippen LogP contribution is 2.24. The summed E-state index contributed by atoms with van der Waals surface area (Å²) in [6.45, 7) is 0.746. The van der Waals surface area contributed by atoms with Crippen LogP contribution in [0.5, 0.6) is 0 Å². The molecule has 15 heavy (non-hydrogen) atoms. The second-order valence-corrected chi connectivity index (χ2v) is 4.27. The Hall–Kier alpha value is -1.32. The van der Waals surface area contributed by atoms with Crippen LogP contribution in [0.15, 0.2) is 21.9 Å². The second kappa shape index (κ2) is 4.47. The zero-order valence-corrected chi connectivity index (χ0v) is 8.74. The van der Waals surface area contributed by atoms with E-state index in [1.54, 1.807) is 10.8 Å². The first-order chi connectivity index (χ1) is 7.25. The Morgan fingerprint density at radius 1 is 1.27 bits per heavy atom. The van der Waals surface area contributed by atoms with Gasteiger partial charge in [0, 0.05) is 18.8 Å². The van der Waals surface area contributed by atoms with Gasteiger partial charge in [0.1, 0.15) is 0 Å². The predicted molar refractivity (Wildman–Crippen MR) is 57.9 cm³/mol. The average Bonchev–Trinajstić information content (AvgIpc) is 2.24. The van der Waals surface area contributed by atoms with E-state index < -0.39 is 0 Å². The van der Waals surface area contributed by atoms with Crippen molar-refractivity contribution >= 4 is 0 Å². The number of hydrogen-bond donors (Lipinski definition) is 1. The number of aromatic nitrogens is 2. The zero-order valence-electron chi connectivity index (χ0n) is 8.74. The highest BCUT2D eigenvalue weighted by atomic mass is 16.2. The van der Waals surface area contributed by atoms with Gasteiger partial charge in [-0.05, 0) is 18.8 Å². The van der Waals surface area contributed by atoms with Gasteiger partial charge in [0.05, 0.1) is 0 Å². The second-order valence-electron chi connectivity index (χ2n) is 4.27. The summed E-state index contributed by atoms with van der Waals surface area (Å²) in [6, 6.07) is 1.41. The molecule has 1 aromatic rings. The fourth-order valence-electron chi connectivity index (χ4n) is 2.24. The van der Waals surface area contributed by atoms with Crippen LogP contribution < -0.4 is 11.2 Å². The maximum absolute atomic E-state index is 11.4. The Morgan fingerprint density at radius 2 is 2.00 bits per heavy atom. The Labute approximate surface area is 88.0 Å². The van der Waals surface area contributed by atoms with Crippen LogP contribution in [0.2, 0.25) is 0 Å². The van der Waals surface area contributed by atoms with Gasteiger partial charge >= 0.3 is 5.69 Å². The molecular formula is C11H16N2O2. The van der Waals surface area contributed by atoms with Gasteiger partial charge in [-0.25, -0.2) is 4.79 Å². The van der Waals surface area contributed by atoms with Crippen molar-refractivity contribution in [1.29, 1.82) is 0 Å². The summed E-state index contributed by atoms with van der Waals surface area (Å²) < 4.78 is 1.61. The summed E-state index contributed by atoms with van der Waals surface area (Å²) in [5.41, 5.74) is -0.604. The molecule has 1 aromatic heterocycles. The molecule has 1 N–H and O–H groups in total. The number of aromatic amines is 1. The van der Waals surface area contributed by atoms with E-state index in [1.807, 2.05) is 0 Å². The van der Waals surface area contributed by atoms with E-state index in [0.29, 0.717) is 5.92 Å². The first-order valence-corrected chi connectivity index (χ1v) is 5.55. The lowest BCUT2D eigenvalue weighted by molar-refractivity contribution is 0.314. The minimum atomic E-state index is -0.320. The van der Waals surface area contributed by atoms with Gasteiger partial charge in [-0.2, -0.15) is 0 Å². The van der Waals surface area contributed by atoms with Crippen LogP contribution in [0, 0.1) is 5.92 Å². The molecule has 1 aliphatic rings. The SMILES string of the molecule is O=c1ccn(CC2CCCCC2)c(=O)[nH]1. The molecule has 1 aliphatic carbocycles. The lowest BCUT2D eigenvalue weighted by Crippen LogP contribution is -2.31. The quantitative estimate of drug-likeness (QED) is 0.791. The van der Waals surface area contributed by atoms with Crippen molar-refractivity contribution in [3.63, 3.8) is 0 Å². The topological polar surface area (TPSA) is 54.9 Å². The summed E-state index contributed by atoms with van der Waals surface area (Å²) in [5, 5.41) is 0. The Morgan fingerprint density at radius 3 is 2.67 bits per heavy atom.